The number of anilines is 1. The summed E-state index contributed by atoms with van der Waals surface area (Å²) in [7, 11) is 2.13. The average Bonchev–Trinajstić information content (AvgIpc) is 2.41. The largest absolute Gasteiger partial charge is 0.409 e. The molecule has 1 aromatic heterocycles. The molecular formula is C12H20N6O. The van der Waals surface area contributed by atoms with Gasteiger partial charge in [0.25, 0.3) is 0 Å². The lowest BCUT2D eigenvalue weighted by Gasteiger charge is -2.45. The number of hydrogen-bond acceptors (Lipinski definition) is 6. The molecule has 0 amide bonds. The van der Waals surface area contributed by atoms with Crippen LogP contribution in [0.4, 0.5) is 5.82 Å². The van der Waals surface area contributed by atoms with Gasteiger partial charge in [0.15, 0.2) is 5.84 Å². The SMILES string of the molecule is CN1CCN(c2cnc(C(N)=NO)cn2)CC1(C)C. The molecule has 1 aliphatic heterocycles. The van der Waals surface area contributed by atoms with Crippen molar-refractivity contribution in [3.8, 4) is 0 Å². The highest BCUT2D eigenvalue weighted by molar-refractivity contribution is 5.94. The van der Waals surface area contributed by atoms with Crippen LogP contribution < -0.4 is 10.6 Å². The summed E-state index contributed by atoms with van der Waals surface area (Å²) in [6.45, 7) is 7.20. The van der Waals surface area contributed by atoms with Crippen LogP contribution in [0.15, 0.2) is 17.5 Å². The minimum Gasteiger partial charge on any atom is -0.409 e. The lowest BCUT2D eigenvalue weighted by atomic mass is 10.00. The summed E-state index contributed by atoms with van der Waals surface area (Å²) < 4.78 is 0. The zero-order chi connectivity index (χ0) is 14.0. The Labute approximate surface area is 112 Å². The normalized spacial score (nSPS) is 20.6. The molecule has 0 unspecified atom stereocenters. The van der Waals surface area contributed by atoms with E-state index in [1.54, 1.807) is 6.20 Å². The first-order chi connectivity index (χ1) is 8.94. The molecule has 0 aliphatic carbocycles. The van der Waals surface area contributed by atoms with E-state index in [9.17, 15) is 0 Å². The van der Waals surface area contributed by atoms with Gasteiger partial charge >= 0.3 is 0 Å². The fourth-order valence-electron chi connectivity index (χ4n) is 2.10. The van der Waals surface area contributed by atoms with Crippen molar-refractivity contribution in [1.29, 1.82) is 0 Å². The summed E-state index contributed by atoms with van der Waals surface area (Å²) >= 11 is 0. The van der Waals surface area contributed by atoms with Gasteiger partial charge < -0.3 is 15.8 Å². The van der Waals surface area contributed by atoms with Crippen LogP contribution in [0.5, 0.6) is 0 Å². The van der Waals surface area contributed by atoms with Crippen LogP contribution in [0.1, 0.15) is 19.5 Å². The first-order valence-electron chi connectivity index (χ1n) is 6.20. The molecule has 2 heterocycles. The molecule has 1 aromatic rings. The molecule has 7 heteroatoms. The molecule has 1 aliphatic rings. The monoisotopic (exact) mass is 264 g/mol. The Balaban J connectivity index is 2.15. The summed E-state index contributed by atoms with van der Waals surface area (Å²) in [6.07, 6.45) is 3.18. The summed E-state index contributed by atoms with van der Waals surface area (Å²) in [5.74, 6) is 0.786. The Morgan fingerprint density at radius 1 is 1.37 bits per heavy atom. The molecular weight excluding hydrogens is 244 g/mol. The van der Waals surface area contributed by atoms with Crippen molar-refractivity contribution in [1.82, 2.24) is 14.9 Å². The van der Waals surface area contributed by atoms with Crippen molar-refractivity contribution in [2.75, 3.05) is 31.6 Å². The number of hydrogen-bond donors (Lipinski definition) is 2. The third kappa shape index (κ3) is 2.76. The van der Waals surface area contributed by atoms with E-state index in [4.69, 9.17) is 10.9 Å². The summed E-state index contributed by atoms with van der Waals surface area (Å²) in [6, 6.07) is 0. The summed E-state index contributed by atoms with van der Waals surface area (Å²) in [5.41, 5.74) is 5.94. The highest BCUT2D eigenvalue weighted by Gasteiger charge is 2.31. The number of amidine groups is 1. The van der Waals surface area contributed by atoms with E-state index >= 15 is 0 Å². The standard InChI is InChI=1S/C12H20N6O/c1-12(2)8-18(5-4-17(12)3)10-7-14-9(6-15-10)11(13)16-19/h6-7,19H,4-5,8H2,1-3H3,(H2,13,16). The van der Waals surface area contributed by atoms with Crippen molar-refractivity contribution in [2.45, 2.75) is 19.4 Å². The van der Waals surface area contributed by atoms with Gasteiger partial charge in [-0.25, -0.2) is 9.97 Å². The van der Waals surface area contributed by atoms with Gasteiger partial charge in [0.2, 0.25) is 0 Å². The van der Waals surface area contributed by atoms with Gasteiger partial charge in [-0.3, -0.25) is 4.90 Å². The van der Waals surface area contributed by atoms with Gasteiger partial charge in [-0.15, -0.1) is 0 Å². The topological polar surface area (TPSA) is 90.9 Å². The second-order valence-electron chi connectivity index (χ2n) is 5.40. The minimum absolute atomic E-state index is 0.0299. The van der Waals surface area contributed by atoms with Crippen LogP contribution in [0, 0.1) is 0 Å². The Hall–Kier alpha value is -1.89. The van der Waals surface area contributed by atoms with Crippen LogP contribution in [0.2, 0.25) is 0 Å². The van der Waals surface area contributed by atoms with Gasteiger partial charge in [0.05, 0.1) is 12.4 Å². The number of nitrogens with two attached hydrogens (primary N) is 1. The second kappa shape index (κ2) is 5.00. The molecule has 0 atom stereocenters. The lowest BCUT2D eigenvalue weighted by Crippen LogP contribution is -2.57. The van der Waals surface area contributed by atoms with E-state index in [0.717, 1.165) is 25.5 Å². The van der Waals surface area contributed by atoms with Crippen molar-refractivity contribution in [3.63, 3.8) is 0 Å². The Morgan fingerprint density at radius 2 is 2.11 bits per heavy atom. The molecule has 7 nitrogen and oxygen atoms in total. The average molecular weight is 264 g/mol. The summed E-state index contributed by atoms with van der Waals surface area (Å²) in [4.78, 5) is 13.0. The molecule has 1 saturated heterocycles. The molecule has 2 rings (SSSR count). The van der Waals surface area contributed by atoms with E-state index in [1.165, 1.54) is 6.20 Å². The third-order valence-corrected chi connectivity index (χ3v) is 3.65. The molecule has 104 valence electrons. The predicted octanol–water partition coefficient (Wildman–Crippen LogP) is 0.102. The van der Waals surface area contributed by atoms with Crippen molar-refractivity contribution in [2.24, 2.45) is 10.9 Å². The van der Waals surface area contributed by atoms with Crippen molar-refractivity contribution >= 4 is 11.7 Å². The fraction of sp³-hybridized carbons (Fsp3) is 0.583. The maximum Gasteiger partial charge on any atom is 0.190 e. The molecule has 0 spiro atoms. The number of oxime groups is 1. The zero-order valence-corrected chi connectivity index (χ0v) is 11.5. The maximum absolute atomic E-state index is 8.58. The molecule has 19 heavy (non-hydrogen) atoms. The van der Waals surface area contributed by atoms with Gasteiger partial charge in [-0.1, -0.05) is 5.16 Å². The quantitative estimate of drug-likeness (QED) is 0.341. The zero-order valence-electron chi connectivity index (χ0n) is 11.5. The van der Waals surface area contributed by atoms with E-state index in [2.05, 4.69) is 45.8 Å². The third-order valence-electron chi connectivity index (χ3n) is 3.65. The van der Waals surface area contributed by atoms with E-state index < -0.39 is 0 Å². The Bertz CT molecular complexity index is 470. The van der Waals surface area contributed by atoms with Gasteiger partial charge in [-0.2, -0.15) is 0 Å². The molecule has 1 fully saturated rings. The highest BCUT2D eigenvalue weighted by Crippen LogP contribution is 2.22. The van der Waals surface area contributed by atoms with E-state index in [-0.39, 0.29) is 11.4 Å². The molecule has 0 radical (unpaired) electrons. The van der Waals surface area contributed by atoms with Gasteiger partial charge in [0.1, 0.15) is 11.5 Å². The van der Waals surface area contributed by atoms with E-state index in [0.29, 0.717) is 5.69 Å². The number of aromatic nitrogens is 2. The number of likely N-dealkylation sites (N-methyl/N-ethyl adjacent to an activating group) is 1. The fourth-order valence-corrected chi connectivity index (χ4v) is 2.10. The maximum atomic E-state index is 8.58. The van der Waals surface area contributed by atoms with Crippen LogP contribution in [-0.4, -0.2) is 58.1 Å². The first kappa shape index (κ1) is 13.5. The number of nitrogens with zero attached hydrogens (tertiary/aromatic N) is 5. The first-order valence-corrected chi connectivity index (χ1v) is 6.20. The van der Waals surface area contributed by atoms with Crippen LogP contribution in [-0.2, 0) is 0 Å². The van der Waals surface area contributed by atoms with Gasteiger partial charge in [0, 0.05) is 25.2 Å². The Kier molecular flexibility index (Phi) is 3.57. The van der Waals surface area contributed by atoms with Crippen LogP contribution in [0.3, 0.4) is 0 Å². The summed E-state index contributed by atoms with van der Waals surface area (Å²) in [5, 5.41) is 11.5. The Morgan fingerprint density at radius 3 is 2.63 bits per heavy atom. The molecule has 3 N–H and O–H groups in total. The van der Waals surface area contributed by atoms with Crippen LogP contribution in [0.25, 0.3) is 0 Å². The lowest BCUT2D eigenvalue weighted by molar-refractivity contribution is 0.138. The smallest absolute Gasteiger partial charge is 0.190 e. The molecule has 0 aromatic carbocycles. The minimum atomic E-state index is -0.0299. The highest BCUT2D eigenvalue weighted by atomic mass is 16.4. The van der Waals surface area contributed by atoms with Crippen molar-refractivity contribution in [3.05, 3.63) is 18.1 Å². The molecule has 0 bridgehead atoms. The molecule has 0 saturated carbocycles. The predicted molar refractivity (Wildman–Crippen MR) is 73.5 cm³/mol. The second-order valence-corrected chi connectivity index (χ2v) is 5.40. The van der Waals surface area contributed by atoms with Crippen molar-refractivity contribution < 1.29 is 5.21 Å². The number of rotatable bonds is 2. The number of piperazine rings is 1. The van der Waals surface area contributed by atoms with Gasteiger partial charge in [-0.05, 0) is 20.9 Å². The van der Waals surface area contributed by atoms with E-state index in [1.807, 2.05) is 0 Å². The van der Waals surface area contributed by atoms with Crippen LogP contribution >= 0.6 is 0 Å².